The Labute approximate surface area is 356 Å². The number of hydrogen-bond acceptors (Lipinski definition) is 3. The van der Waals surface area contributed by atoms with Crippen molar-refractivity contribution in [3.05, 3.63) is 166 Å². The summed E-state index contributed by atoms with van der Waals surface area (Å²) in [4.78, 5) is 6.65. The Balaban J connectivity index is 1.19. The van der Waals surface area contributed by atoms with Crippen molar-refractivity contribution < 1.29 is 0 Å². The topological polar surface area (TPSA) is 6.48 Å². The van der Waals surface area contributed by atoms with Gasteiger partial charge in [-0.25, -0.2) is 0 Å². The lowest BCUT2D eigenvalue weighted by Gasteiger charge is -2.45. The molecule has 0 amide bonds. The maximum atomic E-state index is 2.58. The molecule has 10 rings (SSSR count). The monoisotopic (exact) mass is 786 g/mol. The second kappa shape index (κ2) is 13.3. The molecule has 59 heavy (non-hydrogen) atoms. The van der Waals surface area contributed by atoms with Crippen molar-refractivity contribution in [2.24, 2.45) is 0 Å². The first-order valence-electron chi connectivity index (χ1n) is 21.5. The molecule has 0 unspecified atom stereocenters. The van der Waals surface area contributed by atoms with E-state index < -0.39 is 0 Å². The van der Waals surface area contributed by atoms with E-state index in [1.165, 1.54) is 104 Å². The van der Waals surface area contributed by atoms with Crippen LogP contribution in [0.4, 0.5) is 34.1 Å². The van der Waals surface area contributed by atoms with E-state index >= 15 is 0 Å². The summed E-state index contributed by atoms with van der Waals surface area (Å²) in [6.45, 7) is 23.2. The summed E-state index contributed by atoms with van der Waals surface area (Å²) in [5.41, 5.74) is 21.0. The number of allylic oxidation sites excluding steroid dienone is 1. The summed E-state index contributed by atoms with van der Waals surface area (Å²) >= 11 is 1.97. The molecule has 2 aliphatic heterocycles. The van der Waals surface area contributed by atoms with Crippen LogP contribution in [0, 0.1) is 6.92 Å². The van der Waals surface area contributed by atoms with E-state index in [0.717, 1.165) is 12.8 Å². The summed E-state index contributed by atoms with van der Waals surface area (Å²) in [5, 5.41) is 1.38. The zero-order valence-electron chi connectivity index (χ0n) is 36.4. The van der Waals surface area contributed by atoms with Crippen molar-refractivity contribution in [2.75, 3.05) is 9.80 Å². The maximum Gasteiger partial charge on any atom is 0.252 e. The average molecular weight is 787 g/mol. The average Bonchev–Trinajstić information content (AvgIpc) is 3.58. The number of rotatable bonds is 3. The summed E-state index contributed by atoms with van der Waals surface area (Å²) in [5.74, 6) is 0. The van der Waals surface area contributed by atoms with E-state index in [4.69, 9.17) is 0 Å². The van der Waals surface area contributed by atoms with Gasteiger partial charge in [-0.05, 0) is 140 Å². The van der Waals surface area contributed by atoms with Gasteiger partial charge in [0.2, 0.25) is 0 Å². The molecular formula is C55H55BN2S. The smallest absolute Gasteiger partial charge is 0.252 e. The molecule has 294 valence electrons. The van der Waals surface area contributed by atoms with E-state index in [-0.39, 0.29) is 23.0 Å². The second-order valence-electron chi connectivity index (χ2n) is 20.3. The van der Waals surface area contributed by atoms with E-state index in [0.29, 0.717) is 0 Å². The molecule has 0 radical (unpaired) electrons. The van der Waals surface area contributed by atoms with Gasteiger partial charge >= 0.3 is 0 Å². The van der Waals surface area contributed by atoms with E-state index in [2.05, 4.69) is 206 Å². The molecule has 0 saturated carbocycles. The van der Waals surface area contributed by atoms with Crippen LogP contribution in [0.25, 0.3) is 15.7 Å². The van der Waals surface area contributed by atoms with E-state index in [1.54, 1.807) is 0 Å². The van der Waals surface area contributed by atoms with Crippen molar-refractivity contribution >= 4 is 84.2 Å². The Kier molecular flexibility index (Phi) is 8.58. The van der Waals surface area contributed by atoms with E-state index in [9.17, 15) is 0 Å². The summed E-state index contributed by atoms with van der Waals surface area (Å²) < 4.78 is 1.38. The van der Waals surface area contributed by atoms with Crippen LogP contribution < -0.4 is 26.2 Å². The Hall–Kier alpha value is -5.32. The summed E-state index contributed by atoms with van der Waals surface area (Å²) in [6.07, 6.45) is 4.67. The van der Waals surface area contributed by atoms with Crippen LogP contribution in [0.5, 0.6) is 0 Å². The van der Waals surface area contributed by atoms with Gasteiger partial charge in [0.15, 0.2) is 0 Å². The molecule has 0 bridgehead atoms. The van der Waals surface area contributed by atoms with Gasteiger partial charge in [-0.3, -0.25) is 0 Å². The molecule has 7 aromatic rings. The Morgan fingerprint density at radius 1 is 0.542 bits per heavy atom. The third-order valence-electron chi connectivity index (χ3n) is 13.0. The largest absolute Gasteiger partial charge is 0.311 e. The highest BCUT2D eigenvalue weighted by Gasteiger charge is 2.44. The van der Waals surface area contributed by atoms with Crippen molar-refractivity contribution in [2.45, 2.75) is 98.3 Å². The molecule has 6 aromatic carbocycles. The summed E-state index contributed by atoms with van der Waals surface area (Å²) in [6, 6.07) is 47.3. The lowest BCUT2D eigenvalue weighted by atomic mass is 9.33. The summed E-state index contributed by atoms with van der Waals surface area (Å²) in [7, 11) is 0. The first-order valence-corrected chi connectivity index (χ1v) is 22.3. The highest BCUT2D eigenvalue weighted by atomic mass is 32.1. The molecule has 0 N–H and O–H groups in total. The predicted molar refractivity (Wildman–Crippen MR) is 259 cm³/mol. The molecule has 4 heteroatoms. The van der Waals surface area contributed by atoms with Gasteiger partial charge in [-0.15, -0.1) is 11.3 Å². The molecule has 0 saturated heterocycles. The van der Waals surface area contributed by atoms with Gasteiger partial charge in [-0.1, -0.05) is 135 Å². The van der Waals surface area contributed by atoms with Crippen LogP contribution in [0.3, 0.4) is 0 Å². The minimum Gasteiger partial charge on any atom is -0.311 e. The number of benzene rings is 6. The van der Waals surface area contributed by atoms with E-state index in [1.807, 2.05) is 11.3 Å². The van der Waals surface area contributed by atoms with Crippen LogP contribution in [-0.4, -0.2) is 6.71 Å². The Morgan fingerprint density at radius 2 is 1.05 bits per heavy atom. The third kappa shape index (κ3) is 6.21. The van der Waals surface area contributed by atoms with Crippen LogP contribution in [-0.2, 0) is 22.7 Å². The number of nitrogens with zero attached hydrogens (tertiary/aromatic N) is 2. The predicted octanol–water partition coefficient (Wildman–Crippen LogP) is 13.6. The zero-order valence-corrected chi connectivity index (χ0v) is 37.2. The van der Waals surface area contributed by atoms with Crippen molar-refractivity contribution in [1.29, 1.82) is 0 Å². The fourth-order valence-electron chi connectivity index (χ4n) is 9.80. The minimum atomic E-state index is -0.000822. The van der Waals surface area contributed by atoms with Crippen LogP contribution in [0.1, 0.15) is 107 Å². The Bertz CT molecular complexity index is 2840. The SMILES string of the molecule is Cc1cc2c3c(c1)N(c1ccc(C(C)(C)C)cc1)c1cc(C(C)(C)C)ccc1B3c1ccc(C(C)(C)C)cc1N2c1ccc(C2=CCCc3sc4ccccc4c32)cc1. The molecule has 0 atom stereocenters. The lowest BCUT2D eigenvalue weighted by molar-refractivity contribution is 0.590. The number of anilines is 6. The highest BCUT2D eigenvalue weighted by molar-refractivity contribution is 7.19. The molecule has 0 spiro atoms. The third-order valence-corrected chi connectivity index (χ3v) is 14.3. The van der Waals surface area contributed by atoms with Gasteiger partial charge in [0.1, 0.15) is 0 Å². The van der Waals surface area contributed by atoms with Gasteiger partial charge in [0.25, 0.3) is 6.71 Å². The quantitative estimate of drug-likeness (QED) is 0.165. The van der Waals surface area contributed by atoms with Crippen molar-refractivity contribution in [1.82, 2.24) is 0 Å². The van der Waals surface area contributed by atoms with Gasteiger partial charge in [-0.2, -0.15) is 0 Å². The molecule has 0 fully saturated rings. The molecule has 3 aliphatic rings. The van der Waals surface area contributed by atoms with Crippen LogP contribution >= 0.6 is 11.3 Å². The molecule has 1 aliphatic carbocycles. The number of hydrogen-bond donors (Lipinski definition) is 0. The number of fused-ring (bicyclic) bond motifs is 7. The standard InChI is InChI=1S/C55H55BN2S/c1-34-30-47-52-48(31-34)58(40-26-20-36(21-27-40)53(2,3)4)46-33-38(55(8,9)10)23-29-44(46)56(52)43-28-22-37(54(5,6)7)32-45(43)57(47)39-24-18-35(19-25-39)41-15-13-17-50-51(41)42-14-11-12-16-49(42)59-50/h11-12,14-16,18-33H,13,17H2,1-10H3. The fraction of sp³-hybridized carbons (Fsp3) is 0.273. The first kappa shape index (κ1) is 37.9. The fourth-order valence-corrected chi connectivity index (χ4v) is 11.0. The normalized spacial score (nSPS) is 14.8. The van der Waals surface area contributed by atoms with Crippen LogP contribution in [0.2, 0.25) is 0 Å². The molecular weight excluding hydrogens is 731 g/mol. The van der Waals surface area contributed by atoms with Crippen molar-refractivity contribution in [3.63, 3.8) is 0 Å². The maximum absolute atomic E-state index is 2.58. The van der Waals surface area contributed by atoms with Gasteiger partial charge in [0.05, 0.1) is 0 Å². The lowest BCUT2D eigenvalue weighted by Crippen LogP contribution is -2.61. The number of thiophene rings is 1. The Morgan fingerprint density at radius 3 is 1.59 bits per heavy atom. The van der Waals surface area contributed by atoms with Crippen LogP contribution in [0.15, 0.2) is 127 Å². The second-order valence-corrected chi connectivity index (χ2v) is 21.4. The van der Waals surface area contributed by atoms with Gasteiger partial charge < -0.3 is 9.80 Å². The van der Waals surface area contributed by atoms with Gasteiger partial charge in [0, 0.05) is 54.7 Å². The molecule has 1 aromatic heterocycles. The van der Waals surface area contributed by atoms with Crippen molar-refractivity contribution in [3.8, 4) is 0 Å². The highest BCUT2D eigenvalue weighted by Crippen LogP contribution is 2.47. The first-order chi connectivity index (χ1) is 28.1. The zero-order chi connectivity index (χ0) is 41.2. The number of aryl methyl sites for hydroxylation is 2. The molecule has 2 nitrogen and oxygen atoms in total. The minimum absolute atomic E-state index is 0.000822. The molecule has 3 heterocycles.